The molecule has 0 atom stereocenters. The van der Waals surface area contributed by atoms with Gasteiger partial charge < -0.3 is 5.32 Å². The van der Waals surface area contributed by atoms with Crippen LogP contribution >= 0.6 is 15.9 Å². The van der Waals surface area contributed by atoms with Crippen LogP contribution in [0.5, 0.6) is 0 Å². The van der Waals surface area contributed by atoms with Gasteiger partial charge in [0.15, 0.2) is 0 Å². The fourth-order valence-corrected chi connectivity index (χ4v) is 2.40. The fraction of sp³-hybridized carbons (Fsp3) is 0.133. The second kappa shape index (κ2) is 5.85. The number of nitrogens with one attached hydrogen (secondary N) is 1. The van der Waals surface area contributed by atoms with E-state index in [1.54, 1.807) is 12.1 Å². The lowest BCUT2D eigenvalue weighted by molar-refractivity contribution is 0.612. The molecule has 2 rings (SSSR count). The Morgan fingerprint density at radius 3 is 2.68 bits per heavy atom. The highest BCUT2D eigenvalue weighted by atomic mass is 79.9. The molecule has 0 amide bonds. The Morgan fingerprint density at radius 1 is 1.26 bits per heavy atom. The molecule has 0 saturated carbocycles. The molecule has 96 valence electrons. The van der Waals surface area contributed by atoms with Gasteiger partial charge in [-0.15, -0.1) is 0 Å². The van der Waals surface area contributed by atoms with Gasteiger partial charge in [-0.25, -0.2) is 4.39 Å². The van der Waals surface area contributed by atoms with E-state index in [0.717, 1.165) is 15.7 Å². The lowest BCUT2D eigenvalue weighted by Gasteiger charge is -2.09. The molecule has 0 aliphatic heterocycles. The number of hydrogen-bond donors (Lipinski definition) is 1. The average Bonchev–Trinajstić information content (AvgIpc) is 2.36. The van der Waals surface area contributed by atoms with Crippen LogP contribution in [0, 0.1) is 24.1 Å². The molecule has 2 nitrogen and oxygen atoms in total. The van der Waals surface area contributed by atoms with E-state index in [4.69, 9.17) is 5.26 Å². The highest BCUT2D eigenvalue weighted by molar-refractivity contribution is 9.10. The Kier molecular flexibility index (Phi) is 4.18. The molecule has 0 fully saturated rings. The van der Waals surface area contributed by atoms with E-state index < -0.39 is 0 Å². The Labute approximate surface area is 120 Å². The van der Waals surface area contributed by atoms with Crippen molar-refractivity contribution in [3.05, 3.63) is 63.4 Å². The first-order chi connectivity index (χ1) is 9.08. The molecule has 19 heavy (non-hydrogen) atoms. The van der Waals surface area contributed by atoms with E-state index in [9.17, 15) is 4.39 Å². The molecule has 1 N–H and O–H groups in total. The van der Waals surface area contributed by atoms with Crippen molar-refractivity contribution in [2.45, 2.75) is 13.5 Å². The lowest BCUT2D eigenvalue weighted by atomic mass is 10.1. The minimum atomic E-state index is -0.363. The van der Waals surface area contributed by atoms with Gasteiger partial charge >= 0.3 is 0 Å². The quantitative estimate of drug-likeness (QED) is 0.911. The molecule has 0 heterocycles. The van der Waals surface area contributed by atoms with Crippen molar-refractivity contribution >= 4 is 21.6 Å². The SMILES string of the molecule is Cc1cc(Br)cc(NCc2ccc(C#N)cc2F)c1. The van der Waals surface area contributed by atoms with E-state index in [0.29, 0.717) is 17.7 Å². The van der Waals surface area contributed by atoms with Crippen LogP contribution in [0.3, 0.4) is 0 Å². The summed E-state index contributed by atoms with van der Waals surface area (Å²) in [7, 11) is 0. The molecule has 0 aliphatic carbocycles. The van der Waals surface area contributed by atoms with E-state index >= 15 is 0 Å². The zero-order valence-electron chi connectivity index (χ0n) is 10.4. The number of benzene rings is 2. The van der Waals surface area contributed by atoms with Gasteiger partial charge in [0.2, 0.25) is 0 Å². The summed E-state index contributed by atoms with van der Waals surface area (Å²) < 4.78 is 14.7. The average molecular weight is 319 g/mol. The van der Waals surface area contributed by atoms with Crippen LogP contribution in [-0.4, -0.2) is 0 Å². The maximum absolute atomic E-state index is 13.7. The molecule has 0 bridgehead atoms. The number of halogens is 2. The molecule has 0 saturated heterocycles. The second-order valence-corrected chi connectivity index (χ2v) is 5.20. The normalized spacial score (nSPS) is 10.0. The molecular formula is C15H12BrFN2. The van der Waals surface area contributed by atoms with E-state index in [1.807, 2.05) is 31.2 Å². The second-order valence-electron chi connectivity index (χ2n) is 4.29. The maximum atomic E-state index is 13.7. The molecule has 0 unspecified atom stereocenters. The van der Waals surface area contributed by atoms with Gasteiger partial charge in [-0.3, -0.25) is 0 Å². The number of anilines is 1. The van der Waals surface area contributed by atoms with Gasteiger partial charge in [-0.1, -0.05) is 22.0 Å². The van der Waals surface area contributed by atoms with Gasteiger partial charge in [-0.05, 0) is 42.8 Å². The van der Waals surface area contributed by atoms with Gasteiger partial charge in [0.05, 0.1) is 11.6 Å². The zero-order valence-corrected chi connectivity index (χ0v) is 12.0. The monoisotopic (exact) mass is 318 g/mol. The Morgan fingerprint density at radius 2 is 2.05 bits per heavy atom. The summed E-state index contributed by atoms with van der Waals surface area (Å²) in [5.41, 5.74) is 2.92. The largest absolute Gasteiger partial charge is 0.381 e. The molecule has 2 aromatic carbocycles. The third-order valence-corrected chi connectivity index (χ3v) is 3.17. The third kappa shape index (κ3) is 3.55. The lowest BCUT2D eigenvalue weighted by Crippen LogP contribution is -2.02. The summed E-state index contributed by atoms with van der Waals surface area (Å²) in [6.07, 6.45) is 0. The van der Waals surface area contributed by atoms with Crippen molar-refractivity contribution in [1.82, 2.24) is 0 Å². The topological polar surface area (TPSA) is 35.8 Å². The molecular weight excluding hydrogens is 307 g/mol. The highest BCUT2D eigenvalue weighted by Crippen LogP contribution is 2.20. The first-order valence-corrected chi connectivity index (χ1v) is 6.57. The van der Waals surface area contributed by atoms with Crippen molar-refractivity contribution in [3.8, 4) is 6.07 Å². The predicted molar refractivity (Wildman–Crippen MR) is 77.3 cm³/mol. The summed E-state index contributed by atoms with van der Waals surface area (Å²) in [4.78, 5) is 0. The van der Waals surface area contributed by atoms with E-state index in [-0.39, 0.29) is 5.82 Å². The molecule has 0 radical (unpaired) electrons. The van der Waals surface area contributed by atoms with Crippen LogP contribution in [0.25, 0.3) is 0 Å². The van der Waals surface area contributed by atoms with Crippen LogP contribution < -0.4 is 5.32 Å². The summed E-state index contributed by atoms with van der Waals surface area (Å²) >= 11 is 3.42. The molecule has 0 aliphatic rings. The minimum absolute atomic E-state index is 0.333. The van der Waals surface area contributed by atoms with Gasteiger partial charge in [0, 0.05) is 22.3 Å². The Bertz CT molecular complexity index is 627. The van der Waals surface area contributed by atoms with Crippen molar-refractivity contribution in [3.63, 3.8) is 0 Å². The first kappa shape index (κ1) is 13.6. The van der Waals surface area contributed by atoms with Gasteiger partial charge in [0.25, 0.3) is 0 Å². The van der Waals surface area contributed by atoms with Crippen LogP contribution in [0.4, 0.5) is 10.1 Å². The number of aryl methyl sites for hydroxylation is 1. The number of rotatable bonds is 3. The van der Waals surface area contributed by atoms with Crippen LogP contribution in [0.2, 0.25) is 0 Å². The Hall–Kier alpha value is -1.86. The smallest absolute Gasteiger partial charge is 0.129 e. The summed E-state index contributed by atoms with van der Waals surface area (Å²) in [6, 6.07) is 12.4. The van der Waals surface area contributed by atoms with E-state index in [1.165, 1.54) is 6.07 Å². The first-order valence-electron chi connectivity index (χ1n) is 5.78. The minimum Gasteiger partial charge on any atom is -0.381 e. The number of hydrogen-bond acceptors (Lipinski definition) is 2. The van der Waals surface area contributed by atoms with Crippen LogP contribution in [-0.2, 0) is 6.54 Å². The third-order valence-electron chi connectivity index (χ3n) is 2.71. The summed E-state index contributed by atoms with van der Waals surface area (Å²) in [6.45, 7) is 2.38. The van der Waals surface area contributed by atoms with Crippen molar-refractivity contribution in [1.29, 1.82) is 5.26 Å². The molecule has 0 spiro atoms. The van der Waals surface area contributed by atoms with Crippen molar-refractivity contribution in [2.75, 3.05) is 5.32 Å². The highest BCUT2D eigenvalue weighted by Gasteiger charge is 2.04. The Balaban J connectivity index is 2.12. The summed E-state index contributed by atoms with van der Waals surface area (Å²) in [5, 5.41) is 11.9. The predicted octanol–water partition coefficient (Wildman–Crippen LogP) is 4.38. The standard InChI is InChI=1S/C15H12BrFN2/c1-10-4-13(16)7-14(5-10)19-9-12-3-2-11(8-18)6-15(12)17/h2-7,19H,9H2,1H3. The van der Waals surface area contributed by atoms with Gasteiger partial charge in [0.1, 0.15) is 5.82 Å². The van der Waals surface area contributed by atoms with Crippen LogP contribution in [0.1, 0.15) is 16.7 Å². The maximum Gasteiger partial charge on any atom is 0.129 e. The summed E-state index contributed by atoms with van der Waals surface area (Å²) in [5.74, 6) is -0.363. The fourth-order valence-electron chi connectivity index (χ4n) is 1.80. The van der Waals surface area contributed by atoms with Crippen molar-refractivity contribution in [2.24, 2.45) is 0 Å². The van der Waals surface area contributed by atoms with E-state index in [2.05, 4.69) is 21.2 Å². The molecule has 0 aromatic heterocycles. The van der Waals surface area contributed by atoms with Gasteiger partial charge in [-0.2, -0.15) is 5.26 Å². The van der Waals surface area contributed by atoms with Crippen LogP contribution in [0.15, 0.2) is 40.9 Å². The molecule has 4 heteroatoms. The van der Waals surface area contributed by atoms with Crippen molar-refractivity contribution < 1.29 is 4.39 Å². The number of nitriles is 1. The molecule has 2 aromatic rings. The number of nitrogens with zero attached hydrogens (tertiary/aromatic N) is 1. The zero-order chi connectivity index (χ0) is 13.8.